The van der Waals surface area contributed by atoms with Crippen LogP contribution < -0.4 is 15.8 Å². The molecule has 0 heterocycles. The summed E-state index contributed by atoms with van der Waals surface area (Å²) in [6.07, 6.45) is 0. The van der Waals surface area contributed by atoms with E-state index in [1.165, 1.54) is 0 Å². The van der Waals surface area contributed by atoms with Gasteiger partial charge in [0, 0.05) is 25.2 Å². The Kier molecular flexibility index (Phi) is 8.27. The van der Waals surface area contributed by atoms with Crippen LogP contribution in [0.1, 0.15) is 54.0 Å². The van der Waals surface area contributed by atoms with Crippen LogP contribution in [0.25, 0.3) is 0 Å². The zero-order chi connectivity index (χ0) is 20.1. The number of nitrogens with one attached hydrogen (secondary N) is 2. The molecule has 0 amide bonds. The quantitative estimate of drug-likeness (QED) is 0.612. The van der Waals surface area contributed by atoms with Gasteiger partial charge in [0.1, 0.15) is 0 Å². The van der Waals surface area contributed by atoms with E-state index in [0.29, 0.717) is 23.9 Å². The molecule has 5 nitrogen and oxygen atoms in total. The molecule has 2 atom stereocenters. The van der Waals surface area contributed by atoms with Crippen molar-refractivity contribution in [3.05, 3.63) is 29.8 Å². The summed E-state index contributed by atoms with van der Waals surface area (Å²) in [4.78, 5) is 0.301. The summed E-state index contributed by atoms with van der Waals surface area (Å²) in [7, 11) is -3.56. The minimum absolute atomic E-state index is 0.00576. The van der Waals surface area contributed by atoms with Crippen LogP contribution >= 0.6 is 0 Å². The van der Waals surface area contributed by atoms with Crippen molar-refractivity contribution >= 4 is 10.0 Å². The first kappa shape index (κ1) is 23.1. The third kappa shape index (κ3) is 6.65. The van der Waals surface area contributed by atoms with E-state index >= 15 is 0 Å². The summed E-state index contributed by atoms with van der Waals surface area (Å²) in [5.74, 6) is 0.561. The van der Waals surface area contributed by atoms with Crippen LogP contribution in [0.4, 0.5) is 0 Å². The van der Waals surface area contributed by atoms with Gasteiger partial charge in [-0.1, -0.05) is 60.6 Å². The fraction of sp³-hybridized carbons (Fsp3) is 0.700. The second-order valence-corrected chi connectivity index (χ2v) is 10.5. The van der Waals surface area contributed by atoms with Crippen LogP contribution in [0.15, 0.2) is 29.2 Å². The third-order valence-electron chi connectivity index (χ3n) is 4.80. The van der Waals surface area contributed by atoms with E-state index in [2.05, 4.69) is 44.7 Å². The number of nitrogens with two attached hydrogens (primary N) is 1. The van der Waals surface area contributed by atoms with Crippen molar-refractivity contribution in [1.29, 1.82) is 0 Å². The predicted molar refractivity (Wildman–Crippen MR) is 110 cm³/mol. The van der Waals surface area contributed by atoms with Gasteiger partial charge in [-0.3, -0.25) is 0 Å². The Morgan fingerprint density at radius 2 is 1.46 bits per heavy atom. The zero-order valence-electron chi connectivity index (χ0n) is 17.3. The maximum Gasteiger partial charge on any atom is 0.240 e. The number of rotatable bonds is 9. The topological polar surface area (TPSA) is 84.2 Å². The predicted octanol–water partition coefficient (Wildman–Crippen LogP) is 2.86. The van der Waals surface area contributed by atoms with E-state index in [0.717, 1.165) is 5.56 Å². The average molecular weight is 384 g/mol. The average Bonchev–Trinajstić information content (AvgIpc) is 2.53. The van der Waals surface area contributed by atoms with Gasteiger partial charge >= 0.3 is 0 Å². The molecule has 0 aromatic heterocycles. The fourth-order valence-electron chi connectivity index (χ4n) is 2.68. The smallest absolute Gasteiger partial charge is 0.240 e. The van der Waals surface area contributed by atoms with Gasteiger partial charge in [-0.2, -0.15) is 0 Å². The normalized spacial score (nSPS) is 15.5. The Labute approximate surface area is 160 Å². The fourth-order valence-corrected chi connectivity index (χ4v) is 4.07. The monoisotopic (exact) mass is 383 g/mol. The lowest BCUT2D eigenvalue weighted by Crippen LogP contribution is -2.50. The molecule has 0 unspecified atom stereocenters. The van der Waals surface area contributed by atoms with Crippen LogP contribution in [0, 0.1) is 11.8 Å². The Morgan fingerprint density at radius 1 is 0.962 bits per heavy atom. The van der Waals surface area contributed by atoms with Gasteiger partial charge in [0.05, 0.1) is 4.90 Å². The van der Waals surface area contributed by atoms with Crippen molar-refractivity contribution in [2.45, 2.75) is 70.9 Å². The highest BCUT2D eigenvalue weighted by atomic mass is 32.2. The van der Waals surface area contributed by atoms with Crippen LogP contribution in [0.2, 0.25) is 0 Å². The van der Waals surface area contributed by atoms with Crippen LogP contribution in [0.5, 0.6) is 0 Å². The summed E-state index contributed by atoms with van der Waals surface area (Å²) in [5, 5.41) is 3.40. The highest BCUT2D eigenvalue weighted by Crippen LogP contribution is 2.23. The second-order valence-electron chi connectivity index (χ2n) is 8.74. The first-order chi connectivity index (χ1) is 11.9. The van der Waals surface area contributed by atoms with Crippen LogP contribution in [0.3, 0.4) is 0 Å². The lowest BCUT2D eigenvalue weighted by molar-refractivity contribution is 0.354. The Hall–Kier alpha value is -0.950. The molecule has 0 saturated heterocycles. The number of hydrogen-bond acceptors (Lipinski definition) is 4. The molecule has 6 heteroatoms. The molecule has 26 heavy (non-hydrogen) atoms. The van der Waals surface area contributed by atoms with Crippen molar-refractivity contribution < 1.29 is 8.42 Å². The summed E-state index contributed by atoms with van der Waals surface area (Å²) in [6, 6.07) is 7.12. The van der Waals surface area contributed by atoms with Crippen molar-refractivity contribution in [1.82, 2.24) is 10.0 Å². The molecular weight excluding hydrogens is 346 g/mol. The van der Waals surface area contributed by atoms with E-state index in [4.69, 9.17) is 5.73 Å². The summed E-state index contributed by atoms with van der Waals surface area (Å²) in [5.41, 5.74) is 6.91. The summed E-state index contributed by atoms with van der Waals surface area (Å²) in [6.45, 7) is 15.7. The Bertz CT molecular complexity index is 647. The summed E-state index contributed by atoms with van der Waals surface area (Å²) >= 11 is 0. The van der Waals surface area contributed by atoms with E-state index in [-0.39, 0.29) is 23.4 Å². The molecule has 0 spiro atoms. The number of sulfonamides is 1. The molecule has 0 fully saturated rings. The maximum absolute atomic E-state index is 12.8. The third-order valence-corrected chi connectivity index (χ3v) is 6.31. The van der Waals surface area contributed by atoms with E-state index < -0.39 is 10.0 Å². The van der Waals surface area contributed by atoms with Crippen molar-refractivity contribution in [3.63, 3.8) is 0 Å². The highest BCUT2D eigenvalue weighted by Gasteiger charge is 2.24. The highest BCUT2D eigenvalue weighted by molar-refractivity contribution is 7.89. The van der Waals surface area contributed by atoms with Crippen molar-refractivity contribution in [2.24, 2.45) is 17.6 Å². The van der Waals surface area contributed by atoms with Gasteiger partial charge < -0.3 is 11.1 Å². The molecule has 1 aromatic carbocycles. The van der Waals surface area contributed by atoms with E-state index in [1.54, 1.807) is 12.1 Å². The number of hydrogen-bond donors (Lipinski definition) is 3. The van der Waals surface area contributed by atoms with Gasteiger partial charge in [-0.15, -0.1) is 0 Å². The molecule has 4 N–H and O–H groups in total. The molecule has 0 saturated carbocycles. The largest absolute Gasteiger partial charge is 0.329 e. The lowest BCUT2D eigenvalue weighted by atomic mass is 9.87. The van der Waals surface area contributed by atoms with Gasteiger partial charge in [-0.05, 0) is 34.9 Å². The molecule has 0 aliphatic carbocycles. The summed E-state index contributed by atoms with van der Waals surface area (Å²) < 4.78 is 28.4. The molecule has 0 aliphatic heterocycles. The number of benzene rings is 1. The van der Waals surface area contributed by atoms with Crippen molar-refractivity contribution in [2.75, 3.05) is 13.1 Å². The standard InChI is InChI=1S/C20H37N3O2S/c1-14(2)18(12-21)22-13-19(15(3)4)23-26(24,25)17-10-8-16(9-11-17)20(5,6)7/h8-11,14-15,18-19,22-23H,12-13,21H2,1-7H3/t18-,19+/m0/s1. The van der Waals surface area contributed by atoms with Gasteiger partial charge in [0.25, 0.3) is 0 Å². The second kappa shape index (κ2) is 9.31. The lowest BCUT2D eigenvalue weighted by Gasteiger charge is -2.27. The van der Waals surface area contributed by atoms with E-state index in [1.807, 2.05) is 26.0 Å². The van der Waals surface area contributed by atoms with Crippen LogP contribution in [-0.4, -0.2) is 33.6 Å². The zero-order valence-corrected chi connectivity index (χ0v) is 18.2. The molecule has 0 aliphatic rings. The molecular formula is C20H37N3O2S. The van der Waals surface area contributed by atoms with Crippen LogP contribution in [-0.2, 0) is 15.4 Å². The van der Waals surface area contributed by atoms with Gasteiger partial charge in [-0.25, -0.2) is 13.1 Å². The van der Waals surface area contributed by atoms with Gasteiger partial charge in [0.15, 0.2) is 0 Å². The minimum Gasteiger partial charge on any atom is -0.329 e. The minimum atomic E-state index is -3.56. The molecule has 1 rings (SSSR count). The Morgan fingerprint density at radius 3 is 1.85 bits per heavy atom. The molecule has 0 radical (unpaired) electrons. The van der Waals surface area contributed by atoms with Crippen molar-refractivity contribution in [3.8, 4) is 0 Å². The maximum atomic E-state index is 12.8. The molecule has 150 valence electrons. The van der Waals surface area contributed by atoms with Gasteiger partial charge in [0.2, 0.25) is 10.0 Å². The first-order valence-electron chi connectivity index (χ1n) is 9.44. The molecule has 0 bridgehead atoms. The SMILES string of the molecule is CC(C)[C@H](CN)NC[C@@H](NS(=O)(=O)c1ccc(C(C)(C)C)cc1)C(C)C. The Balaban J connectivity index is 2.89. The van der Waals surface area contributed by atoms with E-state index in [9.17, 15) is 8.42 Å². The molecule has 1 aromatic rings. The first-order valence-corrected chi connectivity index (χ1v) is 10.9.